The first-order chi connectivity index (χ1) is 4.34. The minimum Gasteiger partial charge on any atom is -0.298 e. The third kappa shape index (κ3) is 1.29. The lowest BCUT2D eigenvalue weighted by Gasteiger charge is -1.90. The van der Waals surface area contributed by atoms with Crippen molar-refractivity contribution in [1.29, 1.82) is 0 Å². The van der Waals surface area contributed by atoms with Crippen molar-refractivity contribution in [2.45, 2.75) is 4.90 Å². The first kappa shape index (κ1) is 6.29. The predicted molar refractivity (Wildman–Crippen MR) is 36.9 cm³/mol. The highest BCUT2D eigenvalue weighted by Crippen LogP contribution is 2.07. The fourth-order valence-electron chi connectivity index (χ4n) is 0.497. The van der Waals surface area contributed by atoms with Crippen LogP contribution in [-0.2, 0) is 0 Å². The van der Waals surface area contributed by atoms with E-state index in [0.717, 1.165) is 6.29 Å². The summed E-state index contributed by atoms with van der Waals surface area (Å²) in [5.41, 5.74) is 0.577. The SMILES string of the molecule is O=Cc1ccncc1S. The van der Waals surface area contributed by atoms with Gasteiger partial charge in [-0.05, 0) is 6.07 Å². The van der Waals surface area contributed by atoms with Crippen LogP contribution in [0.5, 0.6) is 0 Å². The molecule has 0 aliphatic carbocycles. The van der Waals surface area contributed by atoms with E-state index in [-0.39, 0.29) is 0 Å². The van der Waals surface area contributed by atoms with Crippen LogP contribution in [0.1, 0.15) is 10.4 Å². The zero-order valence-corrected chi connectivity index (χ0v) is 5.51. The molecule has 0 amide bonds. The van der Waals surface area contributed by atoms with Crippen molar-refractivity contribution in [2.75, 3.05) is 0 Å². The summed E-state index contributed by atoms with van der Waals surface area (Å²) in [4.78, 5) is 14.5. The summed E-state index contributed by atoms with van der Waals surface area (Å²) in [5, 5.41) is 0. The van der Waals surface area contributed by atoms with Crippen LogP contribution in [0.25, 0.3) is 0 Å². The van der Waals surface area contributed by atoms with Gasteiger partial charge in [0.05, 0.1) is 0 Å². The Labute approximate surface area is 58.3 Å². The molecule has 0 unspecified atom stereocenters. The quantitative estimate of drug-likeness (QED) is 0.467. The van der Waals surface area contributed by atoms with Gasteiger partial charge in [0.25, 0.3) is 0 Å². The molecular formula is C6H5NOS. The van der Waals surface area contributed by atoms with Crippen LogP contribution in [-0.4, -0.2) is 11.3 Å². The maximum Gasteiger partial charge on any atom is 0.151 e. The van der Waals surface area contributed by atoms with Crippen LogP contribution < -0.4 is 0 Å². The second kappa shape index (κ2) is 2.64. The molecule has 0 spiro atoms. The normalized spacial score (nSPS) is 9.00. The summed E-state index contributed by atoms with van der Waals surface area (Å²) >= 11 is 3.98. The summed E-state index contributed by atoms with van der Waals surface area (Å²) in [7, 11) is 0. The molecule has 46 valence electrons. The molecule has 0 N–H and O–H groups in total. The smallest absolute Gasteiger partial charge is 0.151 e. The highest BCUT2D eigenvalue weighted by Gasteiger charge is 1.92. The van der Waals surface area contributed by atoms with E-state index in [2.05, 4.69) is 17.6 Å². The van der Waals surface area contributed by atoms with Crippen molar-refractivity contribution in [1.82, 2.24) is 4.98 Å². The van der Waals surface area contributed by atoms with Crippen molar-refractivity contribution in [3.05, 3.63) is 24.0 Å². The zero-order valence-electron chi connectivity index (χ0n) is 4.61. The van der Waals surface area contributed by atoms with E-state index >= 15 is 0 Å². The summed E-state index contributed by atoms with van der Waals surface area (Å²) in [6.07, 6.45) is 3.85. The number of rotatable bonds is 1. The lowest BCUT2D eigenvalue weighted by molar-refractivity contribution is 0.112. The molecule has 1 heterocycles. The lowest BCUT2D eigenvalue weighted by atomic mass is 10.3. The van der Waals surface area contributed by atoms with Crippen LogP contribution in [0, 0.1) is 0 Å². The number of hydrogen-bond acceptors (Lipinski definition) is 3. The van der Waals surface area contributed by atoms with Gasteiger partial charge in [-0.25, -0.2) is 0 Å². The average molecular weight is 139 g/mol. The van der Waals surface area contributed by atoms with Crippen molar-refractivity contribution in [3.8, 4) is 0 Å². The molecule has 2 nitrogen and oxygen atoms in total. The van der Waals surface area contributed by atoms with Gasteiger partial charge < -0.3 is 0 Å². The van der Waals surface area contributed by atoms with Crippen molar-refractivity contribution >= 4 is 18.9 Å². The van der Waals surface area contributed by atoms with E-state index in [9.17, 15) is 4.79 Å². The lowest BCUT2D eigenvalue weighted by Crippen LogP contribution is -1.81. The number of carbonyl (C=O) groups excluding carboxylic acids is 1. The van der Waals surface area contributed by atoms with Gasteiger partial charge in [0.15, 0.2) is 6.29 Å². The monoisotopic (exact) mass is 139 g/mol. The largest absolute Gasteiger partial charge is 0.298 e. The Balaban J connectivity index is 3.15. The fraction of sp³-hybridized carbons (Fsp3) is 0. The molecule has 0 radical (unpaired) electrons. The Kier molecular flexibility index (Phi) is 1.85. The van der Waals surface area contributed by atoms with Gasteiger partial charge in [-0.2, -0.15) is 0 Å². The molecule has 0 aromatic carbocycles. The molecule has 0 bridgehead atoms. The van der Waals surface area contributed by atoms with E-state index in [1.165, 1.54) is 6.20 Å². The molecule has 0 aliphatic rings. The first-order valence-electron chi connectivity index (χ1n) is 2.43. The second-order valence-electron chi connectivity index (χ2n) is 1.55. The Hall–Kier alpha value is -0.830. The first-order valence-corrected chi connectivity index (χ1v) is 2.87. The molecule has 1 aromatic heterocycles. The number of hydrogen-bond donors (Lipinski definition) is 1. The Morgan fingerprint density at radius 3 is 2.89 bits per heavy atom. The van der Waals surface area contributed by atoms with E-state index in [1.807, 2.05) is 0 Å². The van der Waals surface area contributed by atoms with E-state index < -0.39 is 0 Å². The molecule has 0 saturated heterocycles. The molecule has 0 saturated carbocycles. The fourth-order valence-corrected chi connectivity index (χ4v) is 0.690. The Morgan fingerprint density at radius 1 is 1.67 bits per heavy atom. The summed E-state index contributed by atoms with van der Waals surface area (Å²) in [6, 6.07) is 1.62. The van der Waals surface area contributed by atoms with Crippen LogP contribution in [0.15, 0.2) is 23.4 Å². The number of nitrogens with zero attached hydrogens (tertiary/aromatic N) is 1. The van der Waals surface area contributed by atoms with Crippen LogP contribution >= 0.6 is 12.6 Å². The third-order valence-electron chi connectivity index (χ3n) is 0.960. The summed E-state index contributed by atoms with van der Waals surface area (Å²) < 4.78 is 0. The molecule has 9 heavy (non-hydrogen) atoms. The van der Waals surface area contributed by atoms with Crippen molar-refractivity contribution in [2.24, 2.45) is 0 Å². The van der Waals surface area contributed by atoms with Gasteiger partial charge in [0, 0.05) is 22.9 Å². The van der Waals surface area contributed by atoms with Crippen molar-refractivity contribution in [3.63, 3.8) is 0 Å². The van der Waals surface area contributed by atoms with Gasteiger partial charge in [-0.1, -0.05) is 0 Å². The van der Waals surface area contributed by atoms with E-state index in [1.54, 1.807) is 12.3 Å². The summed E-state index contributed by atoms with van der Waals surface area (Å²) in [5.74, 6) is 0. The summed E-state index contributed by atoms with van der Waals surface area (Å²) in [6.45, 7) is 0. The minimum absolute atomic E-state index is 0.577. The second-order valence-corrected chi connectivity index (χ2v) is 2.03. The van der Waals surface area contributed by atoms with Gasteiger partial charge >= 0.3 is 0 Å². The number of aldehydes is 1. The maximum atomic E-state index is 10.2. The van der Waals surface area contributed by atoms with Crippen molar-refractivity contribution < 1.29 is 4.79 Å². The van der Waals surface area contributed by atoms with Gasteiger partial charge in [0.1, 0.15) is 0 Å². The van der Waals surface area contributed by atoms with E-state index in [0.29, 0.717) is 10.5 Å². The van der Waals surface area contributed by atoms with E-state index in [4.69, 9.17) is 0 Å². The highest BCUT2D eigenvalue weighted by molar-refractivity contribution is 7.80. The van der Waals surface area contributed by atoms with Crippen LogP contribution in [0.3, 0.4) is 0 Å². The van der Waals surface area contributed by atoms with Gasteiger partial charge in [-0.15, -0.1) is 12.6 Å². The minimum atomic E-state index is 0.577. The number of carbonyl (C=O) groups is 1. The number of thiol groups is 1. The van der Waals surface area contributed by atoms with Gasteiger partial charge in [-0.3, -0.25) is 9.78 Å². The third-order valence-corrected chi connectivity index (χ3v) is 1.33. The Morgan fingerprint density at radius 2 is 2.44 bits per heavy atom. The molecule has 1 rings (SSSR count). The molecule has 1 aromatic rings. The Bertz CT molecular complexity index is 224. The average Bonchev–Trinajstić information content (AvgIpc) is 1.89. The standard InChI is InChI=1S/C6H5NOS/c8-4-5-1-2-7-3-6(5)9/h1-4,9H. The molecular weight excluding hydrogens is 134 g/mol. The molecule has 0 fully saturated rings. The maximum absolute atomic E-state index is 10.2. The predicted octanol–water partition coefficient (Wildman–Crippen LogP) is 1.18. The highest BCUT2D eigenvalue weighted by atomic mass is 32.1. The van der Waals surface area contributed by atoms with Crippen LogP contribution in [0.4, 0.5) is 0 Å². The van der Waals surface area contributed by atoms with Gasteiger partial charge in [0.2, 0.25) is 0 Å². The molecule has 3 heteroatoms. The topological polar surface area (TPSA) is 30.0 Å². The van der Waals surface area contributed by atoms with Crippen LogP contribution in [0.2, 0.25) is 0 Å². The molecule has 0 aliphatic heterocycles. The number of pyridine rings is 1. The molecule has 0 atom stereocenters. The number of aromatic nitrogens is 1. The zero-order chi connectivity index (χ0) is 6.69.